The predicted molar refractivity (Wildman–Crippen MR) is 159 cm³/mol. The van der Waals surface area contributed by atoms with Crippen LogP contribution in [0.25, 0.3) is 0 Å². The Hall–Kier alpha value is -2.08. The van der Waals surface area contributed by atoms with Crippen molar-refractivity contribution in [2.45, 2.75) is 114 Å². The fraction of sp³-hybridized carbons (Fsp3) is 0.769. The standard InChI is InChI=1S/C26H44N10S2/c1-5-35(6-2)23-29-21(27-19-15-11-9-12-16-19)31-25(33-23)37-38-26-32-22(28-20-17-13-10-14-18-20)30-24(34-26)36(7-3)8-4/h19-20H,5-18H2,1-4H3,(H,27,29,31,33)(H,28,30,32,34). The van der Waals surface area contributed by atoms with Gasteiger partial charge in [-0.1, -0.05) is 38.5 Å². The molecule has 0 spiro atoms. The van der Waals surface area contributed by atoms with Gasteiger partial charge in [0.1, 0.15) is 0 Å². The van der Waals surface area contributed by atoms with E-state index in [9.17, 15) is 0 Å². The van der Waals surface area contributed by atoms with Gasteiger partial charge in [0.05, 0.1) is 0 Å². The van der Waals surface area contributed by atoms with Gasteiger partial charge in [0.25, 0.3) is 0 Å². The molecule has 4 rings (SSSR count). The molecule has 0 bridgehead atoms. The highest BCUT2D eigenvalue weighted by Crippen LogP contribution is 2.36. The molecule has 2 aliphatic rings. The Kier molecular flexibility index (Phi) is 11.3. The van der Waals surface area contributed by atoms with Crippen molar-refractivity contribution in [1.29, 1.82) is 0 Å². The molecule has 0 unspecified atom stereocenters. The highest BCUT2D eigenvalue weighted by molar-refractivity contribution is 8.76. The van der Waals surface area contributed by atoms with Crippen LogP contribution in [0.3, 0.4) is 0 Å². The number of nitrogens with one attached hydrogen (secondary N) is 2. The van der Waals surface area contributed by atoms with Crippen LogP contribution in [0.5, 0.6) is 0 Å². The van der Waals surface area contributed by atoms with Gasteiger partial charge >= 0.3 is 0 Å². The summed E-state index contributed by atoms with van der Waals surface area (Å²) in [4.78, 5) is 33.0. The van der Waals surface area contributed by atoms with Crippen LogP contribution in [0.1, 0.15) is 91.9 Å². The fourth-order valence-corrected chi connectivity index (χ4v) is 6.65. The maximum Gasteiger partial charge on any atom is 0.231 e. The van der Waals surface area contributed by atoms with Gasteiger partial charge in [-0.25, -0.2) is 0 Å². The Morgan fingerprint density at radius 2 is 0.921 bits per heavy atom. The molecule has 12 heteroatoms. The van der Waals surface area contributed by atoms with Crippen LogP contribution in [-0.4, -0.2) is 68.2 Å². The van der Waals surface area contributed by atoms with Crippen LogP contribution >= 0.6 is 21.6 Å². The fourth-order valence-electron chi connectivity index (χ4n) is 5.12. The van der Waals surface area contributed by atoms with Gasteiger partial charge in [-0.3, -0.25) is 0 Å². The van der Waals surface area contributed by atoms with Crippen molar-refractivity contribution in [3.63, 3.8) is 0 Å². The molecule has 0 saturated heterocycles. The molecule has 2 aliphatic carbocycles. The Morgan fingerprint density at radius 3 is 1.26 bits per heavy atom. The lowest BCUT2D eigenvalue weighted by atomic mass is 9.96. The second kappa shape index (κ2) is 14.9. The molecule has 10 nitrogen and oxygen atoms in total. The van der Waals surface area contributed by atoms with Gasteiger partial charge in [-0.2, -0.15) is 29.9 Å². The Morgan fingerprint density at radius 1 is 0.553 bits per heavy atom. The average molecular weight is 561 g/mol. The number of hydrogen-bond donors (Lipinski definition) is 2. The molecule has 0 radical (unpaired) electrons. The van der Waals surface area contributed by atoms with Crippen molar-refractivity contribution < 1.29 is 0 Å². The van der Waals surface area contributed by atoms with Crippen LogP contribution < -0.4 is 20.4 Å². The lowest BCUT2D eigenvalue weighted by Crippen LogP contribution is -2.27. The number of anilines is 4. The van der Waals surface area contributed by atoms with Crippen molar-refractivity contribution in [3.05, 3.63) is 0 Å². The molecule has 2 aromatic heterocycles. The first-order valence-electron chi connectivity index (χ1n) is 14.5. The second-order valence-electron chi connectivity index (χ2n) is 9.95. The summed E-state index contributed by atoms with van der Waals surface area (Å²) in [6.07, 6.45) is 12.3. The normalized spacial score (nSPS) is 16.8. The molecule has 0 aliphatic heterocycles. The van der Waals surface area contributed by atoms with E-state index in [4.69, 9.17) is 29.9 Å². The topological polar surface area (TPSA) is 108 Å². The number of nitrogens with zero attached hydrogens (tertiary/aromatic N) is 8. The van der Waals surface area contributed by atoms with E-state index >= 15 is 0 Å². The summed E-state index contributed by atoms with van der Waals surface area (Å²) in [7, 11) is 2.96. The first kappa shape index (κ1) is 28.9. The maximum atomic E-state index is 4.80. The quantitative estimate of drug-likeness (QED) is 0.279. The number of hydrogen-bond acceptors (Lipinski definition) is 12. The van der Waals surface area contributed by atoms with E-state index in [1.54, 1.807) is 0 Å². The van der Waals surface area contributed by atoms with E-state index in [0.29, 0.717) is 46.2 Å². The summed E-state index contributed by atoms with van der Waals surface area (Å²) in [6, 6.07) is 0.851. The zero-order chi connectivity index (χ0) is 26.7. The molecule has 0 atom stereocenters. The van der Waals surface area contributed by atoms with Gasteiger partial charge in [-0.05, 0) is 75.0 Å². The van der Waals surface area contributed by atoms with Crippen LogP contribution in [0.4, 0.5) is 23.8 Å². The molecular weight excluding hydrogens is 516 g/mol. The largest absolute Gasteiger partial charge is 0.351 e. The predicted octanol–water partition coefficient (Wildman–Crippen LogP) is 6.04. The van der Waals surface area contributed by atoms with Crippen LogP contribution in [0, 0.1) is 0 Å². The van der Waals surface area contributed by atoms with Crippen molar-refractivity contribution in [3.8, 4) is 0 Å². The lowest BCUT2D eigenvalue weighted by Gasteiger charge is -2.24. The minimum absolute atomic E-state index is 0.426. The molecule has 0 amide bonds. The average Bonchev–Trinajstić information content (AvgIpc) is 2.94. The Bertz CT molecular complexity index is 910. The molecule has 0 aromatic carbocycles. The third-order valence-electron chi connectivity index (χ3n) is 7.37. The molecular formula is C26H44N10S2. The van der Waals surface area contributed by atoms with E-state index in [1.807, 2.05) is 0 Å². The summed E-state index contributed by atoms with van der Waals surface area (Å²) in [5.74, 6) is 2.75. The van der Waals surface area contributed by atoms with E-state index in [2.05, 4.69) is 48.1 Å². The van der Waals surface area contributed by atoms with Gasteiger partial charge in [0.2, 0.25) is 34.1 Å². The Labute approximate surface area is 235 Å². The van der Waals surface area contributed by atoms with Crippen molar-refractivity contribution in [2.75, 3.05) is 46.6 Å². The summed E-state index contributed by atoms with van der Waals surface area (Å²) < 4.78 is 0. The van der Waals surface area contributed by atoms with E-state index < -0.39 is 0 Å². The molecule has 2 fully saturated rings. The monoisotopic (exact) mass is 560 g/mol. The molecule has 38 heavy (non-hydrogen) atoms. The van der Waals surface area contributed by atoms with Gasteiger partial charge in [-0.15, -0.1) is 0 Å². The molecule has 2 aromatic rings. The van der Waals surface area contributed by atoms with Gasteiger partial charge in [0.15, 0.2) is 0 Å². The molecule has 2 heterocycles. The third-order valence-corrected chi connectivity index (χ3v) is 9.26. The van der Waals surface area contributed by atoms with Crippen molar-refractivity contribution in [1.82, 2.24) is 29.9 Å². The molecule has 2 N–H and O–H groups in total. The smallest absolute Gasteiger partial charge is 0.231 e. The zero-order valence-corrected chi connectivity index (χ0v) is 25.1. The lowest BCUT2D eigenvalue weighted by molar-refractivity contribution is 0.460. The first-order chi connectivity index (χ1) is 18.6. The van der Waals surface area contributed by atoms with Crippen LogP contribution in [-0.2, 0) is 0 Å². The molecule has 210 valence electrons. The van der Waals surface area contributed by atoms with Gasteiger partial charge < -0.3 is 20.4 Å². The van der Waals surface area contributed by atoms with Crippen molar-refractivity contribution >= 4 is 45.4 Å². The number of rotatable bonds is 13. The second-order valence-corrected chi connectivity index (χ2v) is 12.0. The van der Waals surface area contributed by atoms with E-state index in [1.165, 1.54) is 85.8 Å². The highest BCUT2D eigenvalue weighted by Gasteiger charge is 2.20. The summed E-state index contributed by atoms with van der Waals surface area (Å²) in [5.41, 5.74) is 0. The van der Waals surface area contributed by atoms with E-state index in [-0.39, 0.29) is 0 Å². The van der Waals surface area contributed by atoms with E-state index in [0.717, 1.165) is 26.2 Å². The zero-order valence-electron chi connectivity index (χ0n) is 23.4. The Balaban J connectivity index is 1.54. The van der Waals surface area contributed by atoms with Crippen LogP contribution in [0.2, 0.25) is 0 Å². The van der Waals surface area contributed by atoms with Gasteiger partial charge in [0, 0.05) is 38.3 Å². The summed E-state index contributed by atoms with van der Waals surface area (Å²) in [6.45, 7) is 11.9. The summed E-state index contributed by atoms with van der Waals surface area (Å²) >= 11 is 0. The maximum absolute atomic E-state index is 4.80. The third kappa shape index (κ3) is 8.21. The minimum atomic E-state index is 0.426. The number of aromatic nitrogens is 6. The van der Waals surface area contributed by atoms with Crippen LogP contribution in [0.15, 0.2) is 10.3 Å². The summed E-state index contributed by atoms with van der Waals surface area (Å²) in [5, 5.41) is 8.50. The highest BCUT2D eigenvalue weighted by atomic mass is 33.1. The minimum Gasteiger partial charge on any atom is -0.351 e. The SMILES string of the molecule is CCN(CC)c1nc(NC2CCCCC2)nc(SSc2nc(NC3CCCCC3)nc(N(CC)CC)n2)n1. The first-order valence-corrected chi connectivity index (χ1v) is 16.7. The van der Waals surface area contributed by atoms with Crippen molar-refractivity contribution in [2.24, 2.45) is 0 Å². The molecule has 2 saturated carbocycles.